The van der Waals surface area contributed by atoms with Gasteiger partial charge in [0.25, 0.3) is 5.91 Å². The van der Waals surface area contributed by atoms with E-state index in [0.29, 0.717) is 17.2 Å². The maximum atomic E-state index is 13.1. The number of nitrogens with one attached hydrogen (secondary N) is 1. The van der Waals surface area contributed by atoms with Crippen LogP contribution in [0.4, 0.5) is 10.1 Å². The summed E-state index contributed by atoms with van der Waals surface area (Å²) in [6, 6.07) is 13.4. The van der Waals surface area contributed by atoms with Gasteiger partial charge in [-0.3, -0.25) is 4.79 Å². The summed E-state index contributed by atoms with van der Waals surface area (Å²) in [6.07, 6.45) is 1.08. The lowest BCUT2D eigenvalue weighted by molar-refractivity contribution is 0.102. The first-order chi connectivity index (χ1) is 9.60. The van der Waals surface area contributed by atoms with Crippen LogP contribution in [0.2, 0.25) is 0 Å². The molecule has 0 unspecified atom stereocenters. The molecule has 0 aliphatic carbocycles. The molecule has 2 nitrogen and oxygen atoms in total. The van der Waals surface area contributed by atoms with Crippen molar-refractivity contribution in [1.29, 1.82) is 0 Å². The Bertz CT molecular complexity index is 592. The minimum Gasteiger partial charge on any atom is -0.322 e. The van der Waals surface area contributed by atoms with Gasteiger partial charge in [-0.15, -0.1) is 0 Å². The van der Waals surface area contributed by atoms with Gasteiger partial charge in [-0.05, 0) is 48.2 Å². The first-order valence-corrected chi connectivity index (χ1v) is 6.77. The zero-order valence-corrected chi connectivity index (χ0v) is 11.7. The highest BCUT2D eigenvalue weighted by atomic mass is 19.1. The van der Waals surface area contributed by atoms with Crippen molar-refractivity contribution in [3.05, 3.63) is 65.5 Å². The highest BCUT2D eigenvalue weighted by Crippen LogP contribution is 2.20. The molecule has 1 amide bonds. The Morgan fingerprint density at radius 1 is 1.20 bits per heavy atom. The van der Waals surface area contributed by atoms with Gasteiger partial charge in [-0.25, -0.2) is 4.39 Å². The highest BCUT2D eigenvalue weighted by molar-refractivity contribution is 6.04. The van der Waals surface area contributed by atoms with Crippen LogP contribution in [0.25, 0.3) is 0 Å². The summed E-state index contributed by atoms with van der Waals surface area (Å²) in [5.74, 6) is -0.214. The summed E-state index contributed by atoms with van der Waals surface area (Å²) in [7, 11) is 0. The van der Waals surface area contributed by atoms with Crippen molar-refractivity contribution < 1.29 is 9.18 Å². The third-order valence-electron chi connectivity index (χ3n) is 3.44. The maximum Gasteiger partial charge on any atom is 0.255 e. The molecule has 1 atom stereocenters. The topological polar surface area (TPSA) is 29.1 Å². The summed E-state index contributed by atoms with van der Waals surface area (Å²) < 4.78 is 13.1. The Balaban J connectivity index is 2.08. The smallest absolute Gasteiger partial charge is 0.255 e. The fourth-order valence-corrected chi connectivity index (χ4v) is 1.96. The lowest BCUT2D eigenvalue weighted by Gasteiger charge is -2.10. The molecule has 0 radical (unpaired) electrons. The summed E-state index contributed by atoms with van der Waals surface area (Å²) in [6.45, 7) is 4.31. The quantitative estimate of drug-likeness (QED) is 0.865. The number of hydrogen-bond donors (Lipinski definition) is 1. The fraction of sp³-hybridized carbons (Fsp3) is 0.235. The first-order valence-electron chi connectivity index (χ1n) is 6.77. The summed E-state index contributed by atoms with van der Waals surface area (Å²) in [5.41, 5.74) is 2.28. The minimum absolute atomic E-state index is 0.305. The first kappa shape index (κ1) is 14.3. The van der Waals surface area contributed by atoms with Crippen LogP contribution in [0, 0.1) is 5.82 Å². The lowest BCUT2D eigenvalue weighted by atomic mass is 9.98. The Kier molecular flexibility index (Phi) is 4.51. The van der Waals surface area contributed by atoms with Crippen molar-refractivity contribution in [3.63, 3.8) is 0 Å². The van der Waals surface area contributed by atoms with E-state index in [1.807, 2.05) is 24.3 Å². The van der Waals surface area contributed by atoms with E-state index in [9.17, 15) is 9.18 Å². The second-order valence-electron chi connectivity index (χ2n) is 4.90. The zero-order chi connectivity index (χ0) is 14.5. The van der Waals surface area contributed by atoms with Crippen LogP contribution >= 0.6 is 0 Å². The van der Waals surface area contributed by atoms with E-state index in [2.05, 4.69) is 19.2 Å². The van der Waals surface area contributed by atoms with Crippen LogP contribution in [0.3, 0.4) is 0 Å². The van der Waals surface area contributed by atoms with Crippen molar-refractivity contribution in [3.8, 4) is 0 Å². The van der Waals surface area contributed by atoms with Gasteiger partial charge in [0.2, 0.25) is 0 Å². The molecule has 3 heteroatoms. The van der Waals surface area contributed by atoms with Gasteiger partial charge >= 0.3 is 0 Å². The molecular formula is C17H18FNO. The molecule has 1 N–H and O–H groups in total. The average Bonchev–Trinajstić information content (AvgIpc) is 2.47. The normalized spacial score (nSPS) is 11.9. The molecule has 0 aromatic heterocycles. The maximum absolute atomic E-state index is 13.1. The van der Waals surface area contributed by atoms with Gasteiger partial charge in [0.1, 0.15) is 5.82 Å². The number of hydrogen-bond acceptors (Lipinski definition) is 1. The van der Waals surface area contributed by atoms with E-state index in [4.69, 9.17) is 0 Å². The Morgan fingerprint density at radius 3 is 2.50 bits per heavy atom. The lowest BCUT2D eigenvalue weighted by Crippen LogP contribution is -2.12. The summed E-state index contributed by atoms with van der Waals surface area (Å²) in [5, 5.41) is 2.76. The summed E-state index contributed by atoms with van der Waals surface area (Å²) in [4.78, 5) is 12.0. The van der Waals surface area contributed by atoms with E-state index in [-0.39, 0.29) is 5.91 Å². The van der Waals surface area contributed by atoms with Crippen LogP contribution in [0.15, 0.2) is 48.5 Å². The Hall–Kier alpha value is -2.16. The number of rotatable bonds is 4. The average molecular weight is 271 g/mol. The van der Waals surface area contributed by atoms with Crippen LogP contribution < -0.4 is 5.32 Å². The molecular weight excluding hydrogens is 253 g/mol. The van der Waals surface area contributed by atoms with Crippen molar-refractivity contribution in [2.24, 2.45) is 0 Å². The number of carbonyl (C=O) groups is 1. The monoisotopic (exact) mass is 271 g/mol. The molecule has 0 aliphatic rings. The molecule has 0 fully saturated rings. The number of benzene rings is 2. The number of halogens is 1. The molecule has 104 valence electrons. The highest BCUT2D eigenvalue weighted by Gasteiger charge is 2.07. The molecule has 0 bridgehead atoms. The van der Waals surface area contributed by atoms with Gasteiger partial charge in [0.15, 0.2) is 0 Å². The largest absolute Gasteiger partial charge is 0.322 e. The third-order valence-corrected chi connectivity index (χ3v) is 3.44. The van der Waals surface area contributed by atoms with Crippen molar-refractivity contribution in [2.45, 2.75) is 26.2 Å². The second kappa shape index (κ2) is 6.33. The van der Waals surface area contributed by atoms with E-state index in [1.165, 1.54) is 23.8 Å². The molecule has 2 rings (SSSR count). The molecule has 0 aliphatic heterocycles. The van der Waals surface area contributed by atoms with Gasteiger partial charge in [0, 0.05) is 11.3 Å². The van der Waals surface area contributed by atoms with Gasteiger partial charge in [0.05, 0.1) is 0 Å². The van der Waals surface area contributed by atoms with Gasteiger partial charge < -0.3 is 5.32 Å². The Labute approximate surface area is 118 Å². The molecule has 2 aromatic rings. The summed E-state index contributed by atoms with van der Waals surface area (Å²) >= 11 is 0. The molecule has 0 saturated heterocycles. The van der Waals surface area contributed by atoms with Gasteiger partial charge in [-0.1, -0.05) is 32.0 Å². The van der Waals surface area contributed by atoms with Crippen LogP contribution in [-0.4, -0.2) is 5.91 Å². The SMILES string of the molecule is CC[C@@H](C)c1ccc(NC(=O)c2cccc(F)c2)cc1. The number of anilines is 1. The molecule has 20 heavy (non-hydrogen) atoms. The minimum atomic E-state index is -0.412. The van der Waals surface area contributed by atoms with Crippen LogP contribution in [-0.2, 0) is 0 Å². The van der Waals surface area contributed by atoms with Crippen molar-refractivity contribution in [2.75, 3.05) is 5.32 Å². The number of carbonyl (C=O) groups excluding carboxylic acids is 1. The predicted molar refractivity (Wildman–Crippen MR) is 79.5 cm³/mol. The third kappa shape index (κ3) is 3.44. The number of amides is 1. The van der Waals surface area contributed by atoms with E-state index in [0.717, 1.165) is 6.42 Å². The van der Waals surface area contributed by atoms with Crippen molar-refractivity contribution in [1.82, 2.24) is 0 Å². The molecule has 0 saturated carbocycles. The fourth-order valence-electron chi connectivity index (χ4n) is 1.96. The van der Waals surface area contributed by atoms with Crippen molar-refractivity contribution >= 4 is 11.6 Å². The Morgan fingerprint density at radius 2 is 1.90 bits per heavy atom. The standard InChI is InChI=1S/C17H18FNO/c1-3-12(2)13-7-9-16(10-8-13)19-17(20)14-5-4-6-15(18)11-14/h4-12H,3H2,1-2H3,(H,19,20)/t12-/m1/s1. The van der Waals surface area contributed by atoms with Crippen LogP contribution in [0.1, 0.15) is 42.1 Å². The zero-order valence-electron chi connectivity index (χ0n) is 11.7. The van der Waals surface area contributed by atoms with Crippen LogP contribution in [0.5, 0.6) is 0 Å². The second-order valence-corrected chi connectivity index (χ2v) is 4.90. The van der Waals surface area contributed by atoms with E-state index < -0.39 is 5.82 Å². The van der Waals surface area contributed by atoms with Gasteiger partial charge in [-0.2, -0.15) is 0 Å². The molecule has 2 aromatic carbocycles. The predicted octanol–water partition coefficient (Wildman–Crippen LogP) is 4.59. The van der Waals surface area contributed by atoms with E-state index in [1.54, 1.807) is 6.07 Å². The molecule has 0 spiro atoms. The molecule has 0 heterocycles. The van der Waals surface area contributed by atoms with E-state index >= 15 is 0 Å².